The number of hydrogen-bond donors (Lipinski definition) is 2. The average molecular weight is 277 g/mol. The molecule has 0 saturated carbocycles. The van der Waals surface area contributed by atoms with Crippen molar-refractivity contribution in [2.24, 2.45) is 5.92 Å². The highest BCUT2D eigenvalue weighted by molar-refractivity contribution is 5.99. The van der Waals surface area contributed by atoms with Crippen LogP contribution in [0.2, 0.25) is 0 Å². The molecule has 20 heavy (non-hydrogen) atoms. The van der Waals surface area contributed by atoms with Crippen LogP contribution in [-0.2, 0) is 0 Å². The lowest BCUT2D eigenvalue weighted by atomic mass is 10.0. The van der Waals surface area contributed by atoms with Crippen molar-refractivity contribution >= 4 is 11.6 Å². The van der Waals surface area contributed by atoms with E-state index in [1.54, 1.807) is 6.20 Å². The molecule has 0 fully saturated rings. The van der Waals surface area contributed by atoms with E-state index in [-0.39, 0.29) is 5.91 Å². The molecule has 0 radical (unpaired) electrons. The van der Waals surface area contributed by atoms with Gasteiger partial charge in [-0.15, -0.1) is 0 Å². The van der Waals surface area contributed by atoms with E-state index in [2.05, 4.69) is 36.4 Å². The molecule has 0 aliphatic heterocycles. The van der Waals surface area contributed by atoms with E-state index in [4.69, 9.17) is 0 Å². The molecular weight excluding hydrogens is 250 g/mol. The van der Waals surface area contributed by atoms with Crippen LogP contribution >= 0.6 is 0 Å². The number of aromatic nitrogens is 1. The molecule has 112 valence electrons. The van der Waals surface area contributed by atoms with Crippen LogP contribution < -0.4 is 10.6 Å². The van der Waals surface area contributed by atoms with Gasteiger partial charge in [-0.1, -0.05) is 33.6 Å². The Morgan fingerprint density at radius 1 is 1.30 bits per heavy atom. The lowest BCUT2D eigenvalue weighted by molar-refractivity contribution is 0.0947. The van der Waals surface area contributed by atoms with Crippen molar-refractivity contribution in [1.82, 2.24) is 10.3 Å². The van der Waals surface area contributed by atoms with Crippen molar-refractivity contribution in [1.29, 1.82) is 0 Å². The predicted octanol–water partition coefficient (Wildman–Crippen LogP) is 3.38. The SMILES string of the molecule is CCCNc1cc(C)ncc1C(=O)NCC(CC)CC. The lowest BCUT2D eigenvalue weighted by Gasteiger charge is -2.15. The Bertz CT molecular complexity index is 428. The van der Waals surface area contributed by atoms with Crippen LogP contribution in [-0.4, -0.2) is 24.0 Å². The van der Waals surface area contributed by atoms with E-state index in [1.165, 1.54) is 0 Å². The summed E-state index contributed by atoms with van der Waals surface area (Å²) >= 11 is 0. The van der Waals surface area contributed by atoms with E-state index >= 15 is 0 Å². The molecule has 1 heterocycles. The first-order chi connectivity index (χ1) is 9.62. The average Bonchev–Trinajstić information content (AvgIpc) is 2.46. The van der Waals surface area contributed by atoms with Gasteiger partial charge < -0.3 is 10.6 Å². The van der Waals surface area contributed by atoms with Gasteiger partial charge in [0.2, 0.25) is 0 Å². The van der Waals surface area contributed by atoms with Gasteiger partial charge in [0.05, 0.1) is 11.3 Å². The molecule has 4 heteroatoms. The van der Waals surface area contributed by atoms with E-state index in [0.29, 0.717) is 11.5 Å². The number of nitrogens with one attached hydrogen (secondary N) is 2. The predicted molar refractivity (Wildman–Crippen MR) is 84.2 cm³/mol. The van der Waals surface area contributed by atoms with Gasteiger partial charge in [-0.3, -0.25) is 9.78 Å². The van der Waals surface area contributed by atoms with Crippen LogP contribution in [0, 0.1) is 12.8 Å². The van der Waals surface area contributed by atoms with E-state index in [1.807, 2.05) is 13.0 Å². The second kappa shape index (κ2) is 8.56. The van der Waals surface area contributed by atoms with Gasteiger partial charge in [0.15, 0.2) is 0 Å². The number of nitrogens with zero attached hydrogens (tertiary/aromatic N) is 1. The first-order valence-electron chi connectivity index (χ1n) is 7.61. The van der Waals surface area contributed by atoms with Crippen molar-refractivity contribution in [2.45, 2.75) is 47.0 Å². The molecule has 2 N–H and O–H groups in total. The molecule has 0 saturated heterocycles. The summed E-state index contributed by atoms with van der Waals surface area (Å²) in [5.74, 6) is 0.507. The first-order valence-corrected chi connectivity index (χ1v) is 7.61. The smallest absolute Gasteiger partial charge is 0.254 e. The van der Waals surface area contributed by atoms with Crippen LogP contribution in [0.15, 0.2) is 12.3 Å². The summed E-state index contributed by atoms with van der Waals surface area (Å²) in [4.78, 5) is 16.5. The van der Waals surface area contributed by atoms with Crippen molar-refractivity contribution in [3.05, 3.63) is 23.5 Å². The van der Waals surface area contributed by atoms with Crippen molar-refractivity contribution in [3.63, 3.8) is 0 Å². The summed E-state index contributed by atoms with van der Waals surface area (Å²) in [5, 5.41) is 6.32. The molecule has 1 aromatic rings. The highest BCUT2D eigenvalue weighted by Crippen LogP contribution is 2.16. The summed E-state index contributed by atoms with van der Waals surface area (Å²) in [6, 6.07) is 1.93. The third-order valence-corrected chi connectivity index (χ3v) is 3.56. The van der Waals surface area contributed by atoms with Crippen molar-refractivity contribution < 1.29 is 4.79 Å². The molecule has 0 aromatic carbocycles. The van der Waals surface area contributed by atoms with Gasteiger partial charge in [0.1, 0.15) is 0 Å². The molecule has 0 atom stereocenters. The van der Waals surface area contributed by atoms with E-state index in [9.17, 15) is 4.79 Å². The summed E-state index contributed by atoms with van der Waals surface area (Å²) in [6.07, 6.45) is 4.86. The van der Waals surface area contributed by atoms with Crippen molar-refractivity contribution in [3.8, 4) is 0 Å². The number of pyridine rings is 1. The number of aryl methyl sites for hydroxylation is 1. The zero-order chi connectivity index (χ0) is 15.0. The maximum atomic E-state index is 12.3. The molecule has 0 aliphatic rings. The zero-order valence-corrected chi connectivity index (χ0v) is 13.1. The maximum Gasteiger partial charge on any atom is 0.254 e. The molecule has 0 bridgehead atoms. The number of hydrogen-bond acceptors (Lipinski definition) is 3. The minimum absolute atomic E-state index is 0.0389. The third kappa shape index (κ3) is 4.83. The van der Waals surface area contributed by atoms with Gasteiger partial charge in [0, 0.05) is 25.0 Å². The summed E-state index contributed by atoms with van der Waals surface area (Å²) in [5.41, 5.74) is 2.43. The largest absolute Gasteiger partial charge is 0.384 e. The third-order valence-electron chi connectivity index (χ3n) is 3.56. The standard InChI is InChI=1S/C16H27N3O/c1-5-8-17-15-9-12(4)18-11-14(15)16(20)19-10-13(6-2)7-3/h9,11,13H,5-8,10H2,1-4H3,(H,17,18)(H,19,20). The zero-order valence-electron chi connectivity index (χ0n) is 13.1. The van der Waals surface area contributed by atoms with E-state index < -0.39 is 0 Å². The van der Waals surface area contributed by atoms with E-state index in [0.717, 1.165) is 43.7 Å². The molecule has 0 spiro atoms. The molecule has 1 rings (SSSR count). The minimum Gasteiger partial charge on any atom is -0.384 e. The van der Waals surface area contributed by atoms with Crippen LogP contribution in [0.4, 0.5) is 5.69 Å². The monoisotopic (exact) mass is 277 g/mol. The normalized spacial score (nSPS) is 10.7. The highest BCUT2D eigenvalue weighted by atomic mass is 16.1. The fourth-order valence-electron chi connectivity index (χ4n) is 2.06. The van der Waals surface area contributed by atoms with Gasteiger partial charge in [-0.05, 0) is 25.3 Å². The Hall–Kier alpha value is -1.58. The fourth-order valence-corrected chi connectivity index (χ4v) is 2.06. The molecular formula is C16H27N3O. The number of rotatable bonds is 8. The Morgan fingerprint density at radius 2 is 2.00 bits per heavy atom. The molecule has 0 unspecified atom stereocenters. The van der Waals surface area contributed by atoms with Crippen LogP contribution in [0.1, 0.15) is 56.1 Å². The number of carbonyl (C=O) groups is 1. The van der Waals surface area contributed by atoms with Gasteiger partial charge in [-0.2, -0.15) is 0 Å². The van der Waals surface area contributed by atoms with Gasteiger partial charge >= 0.3 is 0 Å². The second-order valence-corrected chi connectivity index (χ2v) is 5.19. The summed E-state index contributed by atoms with van der Waals surface area (Å²) in [6.45, 7) is 9.93. The van der Waals surface area contributed by atoms with Crippen molar-refractivity contribution in [2.75, 3.05) is 18.4 Å². The number of carbonyl (C=O) groups excluding carboxylic acids is 1. The summed E-state index contributed by atoms with van der Waals surface area (Å²) in [7, 11) is 0. The maximum absolute atomic E-state index is 12.3. The van der Waals surface area contributed by atoms with Crippen LogP contribution in [0.25, 0.3) is 0 Å². The minimum atomic E-state index is -0.0389. The lowest BCUT2D eigenvalue weighted by Crippen LogP contribution is -2.29. The summed E-state index contributed by atoms with van der Waals surface area (Å²) < 4.78 is 0. The van der Waals surface area contributed by atoms with Crippen LogP contribution in [0.5, 0.6) is 0 Å². The molecule has 0 aliphatic carbocycles. The number of amides is 1. The topological polar surface area (TPSA) is 54.0 Å². The fraction of sp³-hybridized carbons (Fsp3) is 0.625. The Morgan fingerprint density at radius 3 is 2.60 bits per heavy atom. The van der Waals surface area contributed by atoms with Gasteiger partial charge in [0.25, 0.3) is 5.91 Å². The first kappa shape index (κ1) is 16.5. The second-order valence-electron chi connectivity index (χ2n) is 5.19. The Labute approximate surface area is 122 Å². The van der Waals surface area contributed by atoms with Crippen LogP contribution in [0.3, 0.4) is 0 Å². The quantitative estimate of drug-likeness (QED) is 0.766. The van der Waals surface area contributed by atoms with Gasteiger partial charge in [-0.25, -0.2) is 0 Å². The molecule has 4 nitrogen and oxygen atoms in total. The molecule has 1 amide bonds. The Kier molecular flexibility index (Phi) is 7.05. The Balaban J connectivity index is 2.75. The highest BCUT2D eigenvalue weighted by Gasteiger charge is 2.13. The number of anilines is 1. The molecule has 1 aromatic heterocycles.